The van der Waals surface area contributed by atoms with E-state index in [4.69, 9.17) is 9.15 Å². The molecular formula is C15H12N2O4. The van der Waals surface area contributed by atoms with Crippen LogP contribution in [0.25, 0.3) is 11.1 Å². The number of para-hydroxylation sites is 2. The highest BCUT2D eigenvalue weighted by Crippen LogP contribution is 2.24. The normalized spacial score (nSPS) is 10.7. The van der Waals surface area contributed by atoms with Crippen molar-refractivity contribution in [2.45, 2.75) is 13.5 Å². The molecule has 3 rings (SSSR count). The largest absolute Gasteiger partial charge is 0.484 e. The number of nitro benzene ring substituents is 1. The zero-order valence-corrected chi connectivity index (χ0v) is 11.3. The van der Waals surface area contributed by atoms with Gasteiger partial charge in [-0.05, 0) is 31.2 Å². The Hall–Kier alpha value is -2.89. The van der Waals surface area contributed by atoms with Crippen LogP contribution in [0.3, 0.4) is 0 Å². The third-order valence-corrected chi connectivity index (χ3v) is 3.07. The molecule has 6 nitrogen and oxygen atoms in total. The summed E-state index contributed by atoms with van der Waals surface area (Å²) in [5.41, 5.74) is 2.10. The van der Waals surface area contributed by atoms with Crippen LogP contribution in [-0.4, -0.2) is 9.91 Å². The second-order valence-electron chi connectivity index (χ2n) is 4.57. The molecule has 0 aliphatic heterocycles. The number of ether oxygens (including phenoxy) is 1. The number of nitrogens with zero attached hydrogens (tertiary/aromatic N) is 2. The molecule has 0 aliphatic rings. The number of hydrogen-bond donors (Lipinski definition) is 0. The van der Waals surface area contributed by atoms with E-state index in [1.54, 1.807) is 19.1 Å². The Kier molecular flexibility index (Phi) is 3.27. The maximum absolute atomic E-state index is 10.8. The molecule has 0 saturated carbocycles. The lowest BCUT2D eigenvalue weighted by Gasteiger charge is -2.04. The van der Waals surface area contributed by atoms with Gasteiger partial charge in [0.05, 0.1) is 4.92 Å². The molecule has 0 atom stereocenters. The van der Waals surface area contributed by atoms with Crippen LogP contribution in [0.2, 0.25) is 0 Å². The minimum Gasteiger partial charge on any atom is -0.484 e. The number of aromatic nitrogens is 1. The Balaban J connectivity index is 1.75. The van der Waals surface area contributed by atoms with Crippen LogP contribution in [0.15, 0.2) is 46.9 Å². The average Bonchev–Trinajstić information content (AvgIpc) is 2.87. The topological polar surface area (TPSA) is 78.4 Å². The van der Waals surface area contributed by atoms with Crippen molar-refractivity contribution in [3.8, 4) is 5.75 Å². The number of aryl methyl sites for hydroxylation is 1. The SMILES string of the molecule is Cc1cc(OCc2nc3ccccc3o2)ccc1[N+](=O)[O-]. The fourth-order valence-electron chi connectivity index (χ4n) is 2.05. The standard InChI is InChI=1S/C15H12N2O4/c1-10-8-11(6-7-13(10)17(18)19)20-9-15-16-12-4-2-3-5-14(12)21-15/h2-8H,9H2,1H3. The maximum atomic E-state index is 10.8. The summed E-state index contributed by atoms with van der Waals surface area (Å²) in [5, 5.41) is 10.8. The molecule has 0 spiro atoms. The van der Waals surface area contributed by atoms with Crippen molar-refractivity contribution in [1.29, 1.82) is 0 Å². The fourth-order valence-corrected chi connectivity index (χ4v) is 2.05. The first-order valence-corrected chi connectivity index (χ1v) is 6.36. The van der Waals surface area contributed by atoms with E-state index in [9.17, 15) is 10.1 Å². The zero-order chi connectivity index (χ0) is 14.8. The van der Waals surface area contributed by atoms with Crippen molar-refractivity contribution < 1.29 is 14.1 Å². The van der Waals surface area contributed by atoms with Crippen LogP contribution >= 0.6 is 0 Å². The summed E-state index contributed by atoms with van der Waals surface area (Å²) in [6.07, 6.45) is 0. The first kappa shape index (κ1) is 13.1. The van der Waals surface area contributed by atoms with Gasteiger partial charge in [-0.1, -0.05) is 12.1 Å². The van der Waals surface area contributed by atoms with Gasteiger partial charge in [0.15, 0.2) is 12.2 Å². The van der Waals surface area contributed by atoms with E-state index in [1.807, 2.05) is 24.3 Å². The average molecular weight is 284 g/mol. The molecule has 3 aromatic rings. The van der Waals surface area contributed by atoms with Gasteiger partial charge in [0.1, 0.15) is 11.3 Å². The zero-order valence-electron chi connectivity index (χ0n) is 11.3. The van der Waals surface area contributed by atoms with Gasteiger partial charge < -0.3 is 9.15 Å². The lowest BCUT2D eigenvalue weighted by Crippen LogP contribution is -1.97. The highest BCUT2D eigenvalue weighted by molar-refractivity contribution is 5.72. The molecule has 6 heteroatoms. The highest BCUT2D eigenvalue weighted by Gasteiger charge is 2.11. The van der Waals surface area contributed by atoms with Crippen molar-refractivity contribution in [3.05, 3.63) is 64.0 Å². The van der Waals surface area contributed by atoms with Crippen LogP contribution in [0.4, 0.5) is 5.69 Å². The van der Waals surface area contributed by atoms with Gasteiger partial charge in [-0.25, -0.2) is 4.98 Å². The molecule has 106 valence electrons. The number of rotatable bonds is 4. The van der Waals surface area contributed by atoms with Crippen molar-refractivity contribution in [3.63, 3.8) is 0 Å². The van der Waals surface area contributed by atoms with Gasteiger partial charge in [0, 0.05) is 11.6 Å². The second kappa shape index (κ2) is 5.24. The van der Waals surface area contributed by atoms with Crippen LogP contribution in [-0.2, 0) is 6.61 Å². The molecule has 0 unspecified atom stereocenters. The van der Waals surface area contributed by atoms with E-state index in [-0.39, 0.29) is 12.3 Å². The quantitative estimate of drug-likeness (QED) is 0.540. The summed E-state index contributed by atoms with van der Waals surface area (Å²) >= 11 is 0. The molecule has 0 radical (unpaired) electrons. The van der Waals surface area contributed by atoms with Gasteiger partial charge in [0.25, 0.3) is 5.69 Å². The van der Waals surface area contributed by atoms with E-state index in [0.717, 1.165) is 5.52 Å². The van der Waals surface area contributed by atoms with Crippen molar-refractivity contribution in [1.82, 2.24) is 4.98 Å². The van der Waals surface area contributed by atoms with E-state index >= 15 is 0 Å². The van der Waals surface area contributed by atoms with Gasteiger partial charge in [-0.15, -0.1) is 0 Å². The predicted molar refractivity (Wildman–Crippen MR) is 76.2 cm³/mol. The van der Waals surface area contributed by atoms with Crippen molar-refractivity contribution in [2.24, 2.45) is 0 Å². The van der Waals surface area contributed by atoms with Gasteiger partial charge >= 0.3 is 0 Å². The Labute approximate surface area is 120 Å². The summed E-state index contributed by atoms with van der Waals surface area (Å²) in [7, 11) is 0. The summed E-state index contributed by atoms with van der Waals surface area (Å²) in [5.74, 6) is 1.01. The molecule has 0 bridgehead atoms. The number of benzene rings is 2. The third-order valence-electron chi connectivity index (χ3n) is 3.07. The van der Waals surface area contributed by atoms with Gasteiger partial charge in [0.2, 0.25) is 5.89 Å². The third kappa shape index (κ3) is 2.69. The Morgan fingerprint density at radius 1 is 1.29 bits per heavy atom. The minimum atomic E-state index is -0.417. The molecular weight excluding hydrogens is 272 g/mol. The highest BCUT2D eigenvalue weighted by atomic mass is 16.6. The maximum Gasteiger partial charge on any atom is 0.272 e. The smallest absolute Gasteiger partial charge is 0.272 e. The number of nitro groups is 1. The molecule has 21 heavy (non-hydrogen) atoms. The summed E-state index contributed by atoms with van der Waals surface area (Å²) in [4.78, 5) is 14.6. The molecule has 1 aromatic heterocycles. The second-order valence-corrected chi connectivity index (χ2v) is 4.57. The van der Waals surface area contributed by atoms with E-state index < -0.39 is 4.92 Å². The van der Waals surface area contributed by atoms with Crippen LogP contribution in [0, 0.1) is 17.0 Å². The summed E-state index contributed by atoms with van der Waals surface area (Å²) in [6.45, 7) is 1.84. The summed E-state index contributed by atoms with van der Waals surface area (Å²) in [6, 6.07) is 12.1. The van der Waals surface area contributed by atoms with Gasteiger partial charge in [-0.2, -0.15) is 0 Å². The molecule has 0 saturated heterocycles. The lowest BCUT2D eigenvalue weighted by atomic mass is 10.2. The van der Waals surface area contributed by atoms with Crippen molar-refractivity contribution in [2.75, 3.05) is 0 Å². The van der Waals surface area contributed by atoms with Crippen molar-refractivity contribution >= 4 is 16.8 Å². The van der Waals surface area contributed by atoms with E-state index in [1.165, 1.54) is 6.07 Å². The molecule has 1 heterocycles. The molecule has 0 fully saturated rings. The molecule has 0 amide bonds. The van der Waals surface area contributed by atoms with Crippen LogP contribution < -0.4 is 4.74 Å². The number of hydrogen-bond acceptors (Lipinski definition) is 5. The Morgan fingerprint density at radius 3 is 2.81 bits per heavy atom. The number of oxazole rings is 1. The Bertz CT molecular complexity index is 777. The first-order chi connectivity index (χ1) is 10.1. The molecule has 2 aromatic carbocycles. The lowest BCUT2D eigenvalue weighted by molar-refractivity contribution is -0.385. The van der Waals surface area contributed by atoms with Crippen LogP contribution in [0.1, 0.15) is 11.5 Å². The van der Waals surface area contributed by atoms with E-state index in [0.29, 0.717) is 22.8 Å². The first-order valence-electron chi connectivity index (χ1n) is 6.36. The molecule has 0 N–H and O–H groups in total. The number of fused-ring (bicyclic) bond motifs is 1. The van der Waals surface area contributed by atoms with Crippen LogP contribution in [0.5, 0.6) is 5.75 Å². The van der Waals surface area contributed by atoms with Gasteiger partial charge in [-0.3, -0.25) is 10.1 Å². The monoisotopic (exact) mass is 284 g/mol. The fraction of sp³-hybridized carbons (Fsp3) is 0.133. The van der Waals surface area contributed by atoms with E-state index in [2.05, 4.69) is 4.98 Å². The summed E-state index contributed by atoms with van der Waals surface area (Å²) < 4.78 is 11.1. The Morgan fingerprint density at radius 2 is 2.10 bits per heavy atom. The molecule has 0 aliphatic carbocycles. The predicted octanol–water partition coefficient (Wildman–Crippen LogP) is 3.62. The minimum absolute atomic E-state index is 0.0733.